The number of hydrogen-bond donors (Lipinski definition) is 0. The Kier molecular flexibility index (Phi) is 43.9. The van der Waals surface area contributed by atoms with Crippen LogP contribution in [0.1, 0.15) is 239 Å². The molecule has 330 valence electrons. The van der Waals surface area contributed by atoms with Crippen molar-refractivity contribution < 1.29 is 28.6 Å². The largest absolute Gasteiger partial charge is 0.462 e. The molecule has 0 aliphatic carbocycles. The van der Waals surface area contributed by atoms with Crippen LogP contribution in [0.25, 0.3) is 0 Å². The molecule has 0 amide bonds. The molecular weight excluding hydrogens is 709 g/mol. The summed E-state index contributed by atoms with van der Waals surface area (Å²) in [6.07, 6.45) is 54.0. The number of carbonyl (C=O) groups is 3. The summed E-state index contributed by atoms with van der Waals surface area (Å²) in [5, 5.41) is 0. The van der Waals surface area contributed by atoms with E-state index in [4.69, 9.17) is 14.2 Å². The smallest absolute Gasteiger partial charge is 0.306 e. The molecule has 1 atom stereocenters. The lowest BCUT2D eigenvalue weighted by Gasteiger charge is -2.18. The Labute approximate surface area is 352 Å². The van der Waals surface area contributed by atoms with Crippen LogP contribution in [-0.2, 0) is 28.6 Å². The van der Waals surface area contributed by atoms with Crippen LogP contribution in [0.2, 0.25) is 0 Å². The fraction of sp³-hybridized carbons (Fsp3) is 0.784. The number of hydrogen-bond acceptors (Lipinski definition) is 6. The average molecular weight is 799 g/mol. The van der Waals surface area contributed by atoms with Gasteiger partial charge >= 0.3 is 17.9 Å². The van der Waals surface area contributed by atoms with Gasteiger partial charge in [-0.1, -0.05) is 204 Å². The molecular formula is C51H90O6. The van der Waals surface area contributed by atoms with Gasteiger partial charge < -0.3 is 14.2 Å². The predicted octanol–water partition coefficient (Wildman–Crippen LogP) is 15.5. The first-order valence-corrected chi connectivity index (χ1v) is 24.2. The summed E-state index contributed by atoms with van der Waals surface area (Å²) >= 11 is 0. The topological polar surface area (TPSA) is 78.9 Å². The SMILES string of the molecule is CC/C=C\C/C=C\CCCCC(=O)OCC(COC(=O)CCCCCCCCCCCCCCCCCCCCC)OC(=O)CCCCC/C=C\C=C/CCCC. The van der Waals surface area contributed by atoms with Gasteiger partial charge in [0, 0.05) is 19.3 Å². The molecule has 0 spiro atoms. The summed E-state index contributed by atoms with van der Waals surface area (Å²) in [4.78, 5) is 37.7. The highest BCUT2D eigenvalue weighted by Gasteiger charge is 2.19. The number of ether oxygens (including phenoxy) is 3. The zero-order valence-electron chi connectivity index (χ0n) is 37.6. The van der Waals surface area contributed by atoms with Gasteiger partial charge in [0.25, 0.3) is 0 Å². The van der Waals surface area contributed by atoms with Crippen LogP contribution in [0.15, 0.2) is 48.6 Å². The second-order valence-corrected chi connectivity index (χ2v) is 16.0. The molecule has 0 saturated heterocycles. The molecule has 0 aliphatic rings. The molecule has 0 rings (SSSR count). The predicted molar refractivity (Wildman–Crippen MR) is 242 cm³/mol. The van der Waals surface area contributed by atoms with Gasteiger partial charge in [-0.15, -0.1) is 0 Å². The summed E-state index contributed by atoms with van der Waals surface area (Å²) in [5.41, 5.74) is 0. The summed E-state index contributed by atoms with van der Waals surface area (Å²) in [5.74, 6) is -0.957. The van der Waals surface area contributed by atoms with E-state index in [-0.39, 0.29) is 31.1 Å². The first kappa shape index (κ1) is 54.4. The summed E-state index contributed by atoms with van der Waals surface area (Å²) in [6, 6.07) is 0. The lowest BCUT2D eigenvalue weighted by molar-refractivity contribution is -0.167. The average Bonchev–Trinajstić information content (AvgIpc) is 3.21. The number of esters is 3. The van der Waals surface area contributed by atoms with Crippen molar-refractivity contribution in [3.05, 3.63) is 48.6 Å². The first-order valence-electron chi connectivity index (χ1n) is 24.2. The number of unbranched alkanes of at least 4 members (excludes halogenated alkanes) is 25. The molecule has 0 fully saturated rings. The minimum Gasteiger partial charge on any atom is -0.462 e. The van der Waals surface area contributed by atoms with Crippen LogP contribution < -0.4 is 0 Å². The van der Waals surface area contributed by atoms with Gasteiger partial charge in [-0.2, -0.15) is 0 Å². The maximum Gasteiger partial charge on any atom is 0.306 e. The highest BCUT2D eigenvalue weighted by molar-refractivity contribution is 5.71. The van der Waals surface area contributed by atoms with E-state index in [1.54, 1.807) is 0 Å². The molecule has 57 heavy (non-hydrogen) atoms. The summed E-state index contributed by atoms with van der Waals surface area (Å²) in [7, 11) is 0. The van der Waals surface area contributed by atoms with Gasteiger partial charge in [0.1, 0.15) is 13.2 Å². The fourth-order valence-electron chi connectivity index (χ4n) is 6.69. The van der Waals surface area contributed by atoms with Crippen molar-refractivity contribution >= 4 is 17.9 Å². The third-order valence-electron chi connectivity index (χ3n) is 10.3. The standard InChI is InChI=1S/C51H90O6/c1-4-7-10-13-16-19-21-22-23-24-25-26-27-28-30-32-35-38-41-44-50(53)56-47-48(46-55-49(52)43-40-37-34-31-18-15-12-9-6-3)57-51(54)45-42-39-36-33-29-20-17-14-11-8-5-2/h9,12,14,17-18,20,29,31,48H,4-8,10-11,13,15-16,19,21-28,30,32-47H2,1-3H3/b12-9-,17-14-,29-20-,31-18-. The minimum absolute atomic E-state index is 0.0924. The molecule has 0 radical (unpaired) electrons. The molecule has 6 nitrogen and oxygen atoms in total. The van der Waals surface area contributed by atoms with Gasteiger partial charge in [0.05, 0.1) is 0 Å². The Balaban J connectivity index is 4.28. The Morgan fingerprint density at radius 1 is 0.386 bits per heavy atom. The van der Waals surface area contributed by atoms with Crippen LogP contribution >= 0.6 is 0 Å². The maximum atomic E-state index is 12.7. The van der Waals surface area contributed by atoms with Crippen molar-refractivity contribution in [1.82, 2.24) is 0 Å². The van der Waals surface area contributed by atoms with E-state index >= 15 is 0 Å². The Hall–Kier alpha value is -2.63. The minimum atomic E-state index is -0.794. The van der Waals surface area contributed by atoms with Crippen molar-refractivity contribution in [2.24, 2.45) is 0 Å². The molecule has 1 unspecified atom stereocenters. The van der Waals surface area contributed by atoms with E-state index < -0.39 is 6.10 Å². The Morgan fingerprint density at radius 3 is 1.25 bits per heavy atom. The van der Waals surface area contributed by atoms with E-state index in [0.717, 1.165) is 83.5 Å². The monoisotopic (exact) mass is 799 g/mol. The highest BCUT2D eigenvalue weighted by Crippen LogP contribution is 2.15. The normalized spacial score (nSPS) is 12.4. The fourth-order valence-corrected chi connectivity index (χ4v) is 6.69. The molecule has 0 N–H and O–H groups in total. The number of carbonyl (C=O) groups excluding carboxylic acids is 3. The molecule has 0 heterocycles. The van der Waals surface area contributed by atoms with Gasteiger partial charge in [0.15, 0.2) is 6.10 Å². The lowest BCUT2D eigenvalue weighted by atomic mass is 10.0. The third kappa shape index (κ3) is 44.3. The molecule has 0 aromatic rings. The van der Waals surface area contributed by atoms with Crippen molar-refractivity contribution in [1.29, 1.82) is 0 Å². The van der Waals surface area contributed by atoms with Crippen LogP contribution in [0, 0.1) is 0 Å². The Morgan fingerprint density at radius 2 is 0.754 bits per heavy atom. The van der Waals surface area contributed by atoms with E-state index in [1.165, 1.54) is 116 Å². The molecule has 0 saturated carbocycles. The second-order valence-electron chi connectivity index (χ2n) is 16.0. The molecule has 0 aromatic heterocycles. The Bertz CT molecular complexity index is 1010. The first-order chi connectivity index (χ1) is 28.0. The zero-order chi connectivity index (χ0) is 41.5. The van der Waals surface area contributed by atoms with E-state index in [2.05, 4.69) is 69.4 Å². The summed E-state index contributed by atoms with van der Waals surface area (Å²) in [6.45, 7) is 6.41. The van der Waals surface area contributed by atoms with Crippen molar-refractivity contribution in [3.8, 4) is 0 Å². The third-order valence-corrected chi connectivity index (χ3v) is 10.3. The van der Waals surface area contributed by atoms with Crippen LogP contribution in [0.3, 0.4) is 0 Å². The number of allylic oxidation sites excluding steroid dienone is 8. The van der Waals surface area contributed by atoms with E-state index in [1.807, 2.05) is 0 Å². The number of rotatable bonds is 43. The van der Waals surface area contributed by atoms with Crippen molar-refractivity contribution in [2.45, 2.75) is 245 Å². The van der Waals surface area contributed by atoms with Crippen molar-refractivity contribution in [3.63, 3.8) is 0 Å². The van der Waals surface area contributed by atoms with Crippen LogP contribution in [-0.4, -0.2) is 37.2 Å². The zero-order valence-corrected chi connectivity index (χ0v) is 37.6. The van der Waals surface area contributed by atoms with Gasteiger partial charge in [-0.3, -0.25) is 14.4 Å². The van der Waals surface area contributed by atoms with Crippen LogP contribution in [0.4, 0.5) is 0 Å². The van der Waals surface area contributed by atoms with E-state index in [9.17, 15) is 14.4 Å². The van der Waals surface area contributed by atoms with Crippen molar-refractivity contribution in [2.75, 3.05) is 13.2 Å². The van der Waals surface area contributed by atoms with Gasteiger partial charge in [0.2, 0.25) is 0 Å². The van der Waals surface area contributed by atoms with Gasteiger partial charge in [-0.25, -0.2) is 0 Å². The lowest BCUT2D eigenvalue weighted by Crippen LogP contribution is -2.30. The molecule has 0 aromatic carbocycles. The van der Waals surface area contributed by atoms with E-state index in [0.29, 0.717) is 19.3 Å². The second kappa shape index (κ2) is 46.1. The molecule has 0 aliphatic heterocycles. The quantitative estimate of drug-likeness (QED) is 0.0201. The summed E-state index contributed by atoms with van der Waals surface area (Å²) < 4.78 is 16.6. The van der Waals surface area contributed by atoms with Gasteiger partial charge in [-0.05, 0) is 64.2 Å². The maximum absolute atomic E-state index is 12.7. The highest BCUT2D eigenvalue weighted by atomic mass is 16.6. The molecule has 6 heteroatoms. The van der Waals surface area contributed by atoms with Crippen LogP contribution in [0.5, 0.6) is 0 Å². The molecule has 0 bridgehead atoms.